The third-order valence-electron chi connectivity index (χ3n) is 4.55. The summed E-state index contributed by atoms with van der Waals surface area (Å²) in [5.41, 5.74) is 1.60. The molecule has 22 heavy (non-hydrogen) atoms. The Morgan fingerprint density at radius 1 is 1.32 bits per heavy atom. The lowest BCUT2D eigenvalue weighted by molar-refractivity contribution is -0.130. The first-order chi connectivity index (χ1) is 10.6. The zero-order valence-corrected chi connectivity index (χ0v) is 13.3. The first kappa shape index (κ1) is 15.0. The Kier molecular flexibility index (Phi) is 4.16. The lowest BCUT2D eigenvalue weighted by Gasteiger charge is -2.41. The highest BCUT2D eigenvalue weighted by atomic mass is 35.5. The number of carbonyl (C=O) groups is 1. The predicted molar refractivity (Wildman–Crippen MR) is 87.8 cm³/mol. The van der Waals surface area contributed by atoms with E-state index in [0.717, 1.165) is 30.4 Å². The van der Waals surface area contributed by atoms with Crippen molar-refractivity contribution in [1.29, 1.82) is 0 Å². The summed E-state index contributed by atoms with van der Waals surface area (Å²) in [4.78, 5) is 17.0. The maximum atomic E-state index is 12.9. The van der Waals surface area contributed by atoms with E-state index in [1.807, 2.05) is 43.3 Å². The van der Waals surface area contributed by atoms with Gasteiger partial charge in [0, 0.05) is 17.4 Å². The SMILES string of the molecule is CC(NC(=O)C1(c2cccc(Cl)c2)CCC1)c1cccnc1. The number of pyridine rings is 1. The monoisotopic (exact) mass is 314 g/mol. The number of nitrogens with zero attached hydrogens (tertiary/aromatic N) is 1. The maximum absolute atomic E-state index is 12.9. The van der Waals surface area contributed by atoms with Crippen molar-refractivity contribution in [3.63, 3.8) is 0 Å². The van der Waals surface area contributed by atoms with Crippen molar-refractivity contribution in [2.45, 2.75) is 37.6 Å². The number of amides is 1. The minimum Gasteiger partial charge on any atom is -0.349 e. The van der Waals surface area contributed by atoms with Gasteiger partial charge in [0.15, 0.2) is 0 Å². The van der Waals surface area contributed by atoms with Crippen molar-refractivity contribution in [3.8, 4) is 0 Å². The van der Waals surface area contributed by atoms with Gasteiger partial charge in [-0.2, -0.15) is 0 Å². The zero-order valence-electron chi connectivity index (χ0n) is 12.6. The van der Waals surface area contributed by atoms with Gasteiger partial charge in [0.25, 0.3) is 0 Å². The standard InChI is InChI=1S/C18H19ClN2O/c1-13(14-5-3-10-20-12-14)21-17(22)18(8-4-9-18)15-6-2-7-16(19)11-15/h2-3,5-7,10-13H,4,8-9H2,1H3,(H,21,22). The summed E-state index contributed by atoms with van der Waals surface area (Å²) < 4.78 is 0. The van der Waals surface area contributed by atoms with Crippen LogP contribution in [0.5, 0.6) is 0 Å². The highest BCUT2D eigenvalue weighted by Gasteiger charge is 2.45. The molecule has 1 saturated carbocycles. The molecule has 3 rings (SSSR count). The van der Waals surface area contributed by atoms with Gasteiger partial charge in [0.05, 0.1) is 11.5 Å². The molecule has 2 aromatic rings. The van der Waals surface area contributed by atoms with E-state index in [1.165, 1.54) is 0 Å². The van der Waals surface area contributed by atoms with Crippen LogP contribution in [0.4, 0.5) is 0 Å². The van der Waals surface area contributed by atoms with E-state index in [4.69, 9.17) is 11.6 Å². The first-order valence-corrected chi connectivity index (χ1v) is 7.96. The van der Waals surface area contributed by atoms with Crippen molar-refractivity contribution in [2.75, 3.05) is 0 Å². The van der Waals surface area contributed by atoms with E-state index >= 15 is 0 Å². The molecule has 1 fully saturated rings. The largest absolute Gasteiger partial charge is 0.349 e. The molecule has 3 nitrogen and oxygen atoms in total. The summed E-state index contributed by atoms with van der Waals surface area (Å²) in [5, 5.41) is 3.81. The molecule has 4 heteroatoms. The fourth-order valence-electron chi connectivity index (χ4n) is 3.01. The average molecular weight is 315 g/mol. The third kappa shape index (κ3) is 2.73. The number of nitrogens with one attached hydrogen (secondary N) is 1. The normalized spacial score (nSPS) is 17.4. The fraction of sp³-hybridized carbons (Fsp3) is 0.333. The second-order valence-electron chi connectivity index (χ2n) is 5.93. The summed E-state index contributed by atoms with van der Waals surface area (Å²) in [6.07, 6.45) is 6.34. The van der Waals surface area contributed by atoms with Crippen molar-refractivity contribution >= 4 is 17.5 Å². The van der Waals surface area contributed by atoms with Gasteiger partial charge in [-0.15, -0.1) is 0 Å². The molecule has 1 unspecified atom stereocenters. The van der Waals surface area contributed by atoms with Crippen LogP contribution < -0.4 is 5.32 Å². The van der Waals surface area contributed by atoms with Crippen LogP contribution in [0.3, 0.4) is 0 Å². The Morgan fingerprint density at radius 2 is 2.14 bits per heavy atom. The molecule has 0 saturated heterocycles. The molecule has 1 aromatic carbocycles. The van der Waals surface area contributed by atoms with E-state index in [-0.39, 0.29) is 11.9 Å². The van der Waals surface area contributed by atoms with Gasteiger partial charge < -0.3 is 5.32 Å². The molecule has 0 aliphatic heterocycles. The smallest absolute Gasteiger partial charge is 0.231 e. The van der Waals surface area contributed by atoms with Crippen LogP contribution in [0.15, 0.2) is 48.8 Å². The highest BCUT2D eigenvalue weighted by Crippen LogP contribution is 2.44. The number of hydrogen-bond donors (Lipinski definition) is 1. The molecule has 1 atom stereocenters. The van der Waals surface area contributed by atoms with Gasteiger partial charge in [-0.3, -0.25) is 9.78 Å². The predicted octanol–water partition coefficient (Wildman–Crippen LogP) is 4.03. The van der Waals surface area contributed by atoms with Gasteiger partial charge in [-0.05, 0) is 49.1 Å². The van der Waals surface area contributed by atoms with E-state index in [9.17, 15) is 4.79 Å². The van der Waals surface area contributed by atoms with E-state index < -0.39 is 5.41 Å². The summed E-state index contributed by atoms with van der Waals surface area (Å²) >= 11 is 6.10. The number of hydrogen-bond acceptors (Lipinski definition) is 2. The van der Waals surface area contributed by atoms with Crippen LogP contribution in [0.25, 0.3) is 0 Å². The number of benzene rings is 1. The van der Waals surface area contributed by atoms with Crippen LogP contribution >= 0.6 is 11.6 Å². The summed E-state index contributed by atoms with van der Waals surface area (Å²) in [6, 6.07) is 11.5. The fourth-order valence-corrected chi connectivity index (χ4v) is 3.20. The summed E-state index contributed by atoms with van der Waals surface area (Å²) in [6.45, 7) is 1.99. The molecule has 1 amide bonds. The van der Waals surface area contributed by atoms with Crippen LogP contribution in [0.1, 0.15) is 43.4 Å². The highest BCUT2D eigenvalue weighted by molar-refractivity contribution is 6.30. The van der Waals surface area contributed by atoms with Gasteiger partial charge in [0.1, 0.15) is 0 Å². The second-order valence-corrected chi connectivity index (χ2v) is 6.36. The quantitative estimate of drug-likeness (QED) is 0.925. The Labute approximate surface area is 135 Å². The van der Waals surface area contributed by atoms with Crippen molar-refractivity contribution in [2.24, 2.45) is 0 Å². The number of carbonyl (C=O) groups excluding carboxylic acids is 1. The number of rotatable bonds is 4. The Bertz CT molecular complexity index is 668. The van der Waals surface area contributed by atoms with Crippen LogP contribution in [0.2, 0.25) is 5.02 Å². The average Bonchev–Trinajstić information content (AvgIpc) is 2.47. The molecule has 1 aliphatic rings. The minimum atomic E-state index is -0.429. The molecule has 1 heterocycles. The van der Waals surface area contributed by atoms with Gasteiger partial charge in [-0.25, -0.2) is 0 Å². The van der Waals surface area contributed by atoms with Crippen molar-refractivity contribution in [1.82, 2.24) is 10.3 Å². The van der Waals surface area contributed by atoms with Crippen LogP contribution in [0, 0.1) is 0 Å². The summed E-state index contributed by atoms with van der Waals surface area (Å²) in [7, 11) is 0. The Balaban J connectivity index is 1.80. The van der Waals surface area contributed by atoms with Gasteiger partial charge in [0.2, 0.25) is 5.91 Å². The summed E-state index contributed by atoms with van der Waals surface area (Å²) in [5.74, 6) is 0.0809. The lowest BCUT2D eigenvalue weighted by atomic mass is 9.63. The van der Waals surface area contributed by atoms with Crippen LogP contribution in [-0.4, -0.2) is 10.9 Å². The minimum absolute atomic E-state index is 0.0575. The van der Waals surface area contributed by atoms with Crippen LogP contribution in [-0.2, 0) is 10.2 Å². The number of aromatic nitrogens is 1. The third-order valence-corrected chi connectivity index (χ3v) is 4.79. The second kappa shape index (κ2) is 6.09. The zero-order chi connectivity index (χ0) is 15.6. The molecular weight excluding hydrogens is 296 g/mol. The lowest BCUT2D eigenvalue weighted by Crippen LogP contribution is -2.49. The van der Waals surface area contributed by atoms with Gasteiger partial charge >= 0.3 is 0 Å². The molecule has 0 spiro atoms. The Hall–Kier alpha value is -1.87. The van der Waals surface area contributed by atoms with Crippen molar-refractivity contribution in [3.05, 3.63) is 64.9 Å². The molecule has 114 valence electrons. The molecule has 0 radical (unpaired) electrons. The van der Waals surface area contributed by atoms with E-state index in [1.54, 1.807) is 12.4 Å². The van der Waals surface area contributed by atoms with Crippen molar-refractivity contribution < 1.29 is 4.79 Å². The number of halogens is 1. The van der Waals surface area contributed by atoms with E-state index in [2.05, 4.69) is 10.3 Å². The molecule has 1 aromatic heterocycles. The molecule has 1 aliphatic carbocycles. The topological polar surface area (TPSA) is 42.0 Å². The Morgan fingerprint density at radius 3 is 2.73 bits per heavy atom. The molecule has 0 bridgehead atoms. The maximum Gasteiger partial charge on any atom is 0.231 e. The molecular formula is C18H19ClN2O. The molecule has 1 N–H and O–H groups in total. The van der Waals surface area contributed by atoms with E-state index in [0.29, 0.717) is 5.02 Å². The first-order valence-electron chi connectivity index (χ1n) is 7.59. The van der Waals surface area contributed by atoms with Gasteiger partial charge in [-0.1, -0.05) is 36.2 Å².